The van der Waals surface area contributed by atoms with Crippen LogP contribution in [0.2, 0.25) is 0 Å². The van der Waals surface area contributed by atoms with Gasteiger partial charge in [0.25, 0.3) is 0 Å². The maximum atomic E-state index is 13.5. The monoisotopic (exact) mass is 280 g/mol. The van der Waals surface area contributed by atoms with E-state index in [1.54, 1.807) is 19.2 Å². The molecule has 0 heterocycles. The van der Waals surface area contributed by atoms with E-state index in [1.165, 1.54) is 0 Å². The molecule has 1 rings (SSSR count). The van der Waals surface area contributed by atoms with Crippen LogP contribution in [0, 0.1) is 5.82 Å². The van der Waals surface area contributed by atoms with Crippen molar-refractivity contribution >= 4 is 0 Å². The highest BCUT2D eigenvalue weighted by Crippen LogP contribution is 2.30. The average Bonchev–Trinajstić information content (AvgIpc) is 2.33. The topological polar surface area (TPSA) is 24.5 Å². The van der Waals surface area contributed by atoms with Gasteiger partial charge in [-0.1, -0.05) is 6.07 Å². The summed E-state index contributed by atoms with van der Waals surface area (Å²) in [4.78, 5) is 0. The lowest BCUT2D eigenvalue weighted by Crippen LogP contribution is -2.36. The van der Waals surface area contributed by atoms with E-state index in [2.05, 4.69) is 5.43 Å². The summed E-state index contributed by atoms with van der Waals surface area (Å²) < 4.78 is 55.4. The molecular weight excluding hydrogens is 264 g/mol. The molecule has 108 valence electrons. The highest BCUT2D eigenvalue weighted by atomic mass is 19.4. The molecule has 19 heavy (non-hydrogen) atoms. The minimum Gasteiger partial charge on any atom is -0.383 e. The van der Waals surface area contributed by atoms with Crippen molar-refractivity contribution in [3.63, 3.8) is 0 Å². The third-order valence-electron chi connectivity index (χ3n) is 2.55. The van der Waals surface area contributed by atoms with Crippen LogP contribution >= 0.6 is 0 Å². The molecule has 7 heteroatoms. The Balaban J connectivity index is 2.60. The molecule has 3 nitrogen and oxygen atoms in total. The number of methoxy groups -OCH3 is 1. The van der Waals surface area contributed by atoms with E-state index in [0.29, 0.717) is 19.2 Å². The van der Waals surface area contributed by atoms with Crippen molar-refractivity contribution < 1.29 is 22.3 Å². The number of alkyl halides is 3. The molecule has 0 aliphatic heterocycles. The van der Waals surface area contributed by atoms with Crippen molar-refractivity contribution in [1.82, 2.24) is 10.4 Å². The van der Waals surface area contributed by atoms with Crippen LogP contribution in [-0.2, 0) is 17.5 Å². The summed E-state index contributed by atoms with van der Waals surface area (Å²) in [5.41, 5.74) is 2.06. The Hall–Kier alpha value is -1.18. The largest absolute Gasteiger partial charge is 0.416 e. The summed E-state index contributed by atoms with van der Waals surface area (Å²) in [6, 6.07) is 2.51. The van der Waals surface area contributed by atoms with Gasteiger partial charge in [-0.15, -0.1) is 0 Å². The number of rotatable bonds is 6. The lowest BCUT2D eigenvalue weighted by Gasteiger charge is -2.18. The van der Waals surface area contributed by atoms with Crippen molar-refractivity contribution in [2.24, 2.45) is 0 Å². The van der Waals surface area contributed by atoms with Crippen molar-refractivity contribution in [2.45, 2.75) is 12.7 Å². The highest BCUT2D eigenvalue weighted by Gasteiger charge is 2.31. The normalized spacial score (nSPS) is 12.2. The van der Waals surface area contributed by atoms with Gasteiger partial charge < -0.3 is 4.74 Å². The first-order chi connectivity index (χ1) is 8.84. The number of halogens is 4. The first-order valence-corrected chi connectivity index (χ1v) is 5.64. The summed E-state index contributed by atoms with van der Waals surface area (Å²) in [6.07, 6.45) is -4.53. The van der Waals surface area contributed by atoms with E-state index >= 15 is 0 Å². The smallest absolute Gasteiger partial charge is 0.383 e. The molecule has 0 fully saturated rings. The Kier molecular flexibility index (Phi) is 5.71. The quantitative estimate of drug-likeness (QED) is 0.640. The number of likely N-dealkylation sites (N-methyl/N-ethyl adjacent to an activating group) is 1. The summed E-state index contributed by atoms with van der Waals surface area (Å²) in [7, 11) is 3.30. The molecule has 0 bridgehead atoms. The van der Waals surface area contributed by atoms with Crippen LogP contribution in [-0.4, -0.2) is 32.3 Å². The summed E-state index contributed by atoms with van der Waals surface area (Å²) in [5.74, 6) is -0.873. The third kappa shape index (κ3) is 5.14. The molecule has 0 amide bonds. The van der Waals surface area contributed by atoms with Crippen LogP contribution in [0.15, 0.2) is 18.2 Å². The number of benzene rings is 1. The molecule has 0 saturated carbocycles. The van der Waals surface area contributed by atoms with Crippen molar-refractivity contribution in [1.29, 1.82) is 0 Å². The zero-order valence-electron chi connectivity index (χ0n) is 10.7. The lowest BCUT2D eigenvalue weighted by atomic mass is 10.1. The van der Waals surface area contributed by atoms with Crippen LogP contribution < -0.4 is 5.43 Å². The molecule has 0 atom stereocenters. The van der Waals surface area contributed by atoms with Crippen molar-refractivity contribution in [3.8, 4) is 0 Å². The second-order valence-corrected chi connectivity index (χ2v) is 4.05. The van der Waals surface area contributed by atoms with E-state index in [4.69, 9.17) is 4.74 Å². The third-order valence-corrected chi connectivity index (χ3v) is 2.55. The average molecular weight is 280 g/mol. The van der Waals surface area contributed by atoms with Crippen LogP contribution in [0.25, 0.3) is 0 Å². The molecule has 0 aliphatic carbocycles. The maximum Gasteiger partial charge on any atom is 0.416 e. The Morgan fingerprint density at radius 1 is 1.32 bits per heavy atom. The minimum atomic E-state index is -4.53. The highest BCUT2D eigenvalue weighted by molar-refractivity contribution is 5.26. The second-order valence-electron chi connectivity index (χ2n) is 4.05. The van der Waals surface area contributed by atoms with Gasteiger partial charge in [0, 0.05) is 32.8 Å². The molecule has 1 N–H and O–H groups in total. The van der Waals surface area contributed by atoms with Gasteiger partial charge in [0.2, 0.25) is 0 Å². The first-order valence-electron chi connectivity index (χ1n) is 5.64. The summed E-state index contributed by atoms with van der Waals surface area (Å²) >= 11 is 0. The Morgan fingerprint density at radius 2 is 2.00 bits per heavy atom. The van der Waals surface area contributed by atoms with Crippen molar-refractivity contribution in [3.05, 3.63) is 35.1 Å². The summed E-state index contributed by atoms with van der Waals surface area (Å²) in [6.45, 7) is 1.20. The molecule has 0 radical (unpaired) electrons. The van der Waals surface area contributed by atoms with Crippen molar-refractivity contribution in [2.75, 3.05) is 27.3 Å². The van der Waals surface area contributed by atoms with Gasteiger partial charge in [-0.25, -0.2) is 9.40 Å². The number of ether oxygens (including phenoxy) is 1. The van der Waals surface area contributed by atoms with Crippen LogP contribution in [0.5, 0.6) is 0 Å². The van der Waals surface area contributed by atoms with Gasteiger partial charge in [-0.3, -0.25) is 5.43 Å². The molecule has 1 aromatic carbocycles. The second kappa shape index (κ2) is 6.83. The molecule has 0 spiro atoms. The molecular formula is C12H16F4N2O. The molecule has 1 aromatic rings. The van der Waals surface area contributed by atoms with Crippen LogP contribution in [0.4, 0.5) is 17.6 Å². The fourth-order valence-electron chi connectivity index (χ4n) is 1.39. The molecule has 0 aliphatic rings. The lowest BCUT2D eigenvalue weighted by molar-refractivity contribution is -0.137. The van der Waals surface area contributed by atoms with Gasteiger partial charge in [0.05, 0.1) is 12.2 Å². The zero-order chi connectivity index (χ0) is 14.5. The van der Waals surface area contributed by atoms with E-state index in [1.807, 2.05) is 0 Å². The van der Waals surface area contributed by atoms with Gasteiger partial charge in [0.1, 0.15) is 5.82 Å². The van der Waals surface area contributed by atoms with E-state index in [0.717, 1.165) is 12.1 Å². The SMILES string of the molecule is COCCN(C)NCc1ccc(C(F)(F)F)cc1F. The number of hydrogen-bond acceptors (Lipinski definition) is 3. The van der Waals surface area contributed by atoms with Crippen LogP contribution in [0.1, 0.15) is 11.1 Å². The number of hydrogen-bond donors (Lipinski definition) is 1. The Bertz CT molecular complexity index is 409. The van der Waals surface area contributed by atoms with Crippen LogP contribution in [0.3, 0.4) is 0 Å². The number of nitrogens with zero attached hydrogens (tertiary/aromatic N) is 1. The van der Waals surface area contributed by atoms with E-state index in [9.17, 15) is 17.6 Å². The Morgan fingerprint density at radius 3 is 2.53 bits per heavy atom. The zero-order valence-corrected chi connectivity index (χ0v) is 10.7. The predicted molar refractivity (Wildman–Crippen MR) is 62.7 cm³/mol. The predicted octanol–water partition coefficient (Wildman–Crippen LogP) is 2.43. The maximum absolute atomic E-state index is 13.5. The first kappa shape index (κ1) is 15.9. The number of nitrogens with one attached hydrogen (secondary N) is 1. The molecule has 0 unspecified atom stereocenters. The molecule has 0 saturated heterocycles. The summed E-state index contributed by atoms with van der Waals surface area (Å²) in [5, 5.41) is 1.68. The van der Waals surface area contributed by atoms with Gasteiger partial charge >= 0.3 is 6.18 Å². The fraction of sp³-hybridized carbons (Fsp3) is 0.500. The van der Waals surface area contributed by atoms with Gasteiger partial charge in [-0.2, -0.15) is 13.2 Å². The minimum absolute atomic E-state index is 0.115. The molecule has 0 aromatic heterocycles. The van der Waals surface area contributed by atoms with Gasteiger partial charge in [-0.05, 0) is 12.1 Å². The van der Waals surface area contributed by atoms with E-state index in [-0.39, 0.29) is 12.1 Å². The number of hydrazine groups is 1. The van der Waals surface area contributed by atoms with Gasteiger partial charge in [0.15, 0.2) is 0 Å². The Labute approximate surface area is 109 Å². The fourth-order valence-corrected chi connectivity index (χ4v) is 1.39. The standard InChI is InChI=1S/C12H16F4N2O/c1-18(5-6-19-2)17-8-9-3-4-10(7-11(9)13)12(14,15)16/h3-4,7,17H,5-6,8H2,1-2H3. The van der Waals surface area contributed by atoms with E-state index < -0.39 is 17.6 Å².